The van der Waals surface area contributed by atoms with Crippen LogP contribution < -0.4 is 5.32 Å². The fourth-order valence-corrected chi connectivity index (χ4v) is 2.37. The Morgan fingerprint density at radius 2 is 2.14 bits per heavy atom. The Morgan fingerprint density at radius 3 is 2.79 bits per heavy atom. The van der Waals surface area contributed by atoms with E-state index >= 15 is 0 Å². The van der Waals surface area contributed by atoms with Gasteiger partial charge in [0, 0.05) is 18.6 Å². The lowest BCUT2D eigenvalue weighted by Gasteiger charge is -2.38. The summed E-state index contributed by atoms with van der Waals surface area (Å²) in [7, 11) is 0. The summed E-state index contributed by atoms with van der Waals surface area (Å²) in [6.45, 7) is 10.5. The number of likely N-dealkylation sites (tertiary alicyclic amines) is 1. The topological polar surface area (TPSA) is 15.3 Å². The zero-order chi connectivity index (χ0) is 10.4. The highest BCUT2D eigenvalue weighted by Crippen LogP contribution is 2.18. The second-order valence-electron chi connectivity index (χ2n) is 4.69. The Balaban J connectivity index is 2.30. The first kappa shape index (κ1) is 12.0. The van der Waals surface area contributed by atoms with E-state index in [9.17, 15) is 0 Å². The van der Waals surface area contributed by atoms with Gasteiger partial charge in [-0.2, -0.15) is 0 Å². The molecule has 0 unspecified atom stereocenters. The van der Waals surface area contributed by atoms with Crippen molar-refractivity contribution in [2.24, 2.45) is 0 Å². The first-order chi connectivity index (χ1) is 6.75. The predicted octanol–water partition coefficient (Wildman–Crippen LogP) is 2.25. The molecule has 84 valence electrons. The second kappa shape index (κ2) is 6.41. The van der Waals surface area contributed by atoms with Gasteiger partial charge in [-0.15, -0.1) is 0 Å². The summed E-state index contributed by atoms with van der Waals surface area (Å²) in [6, 6.07) is 1.50. The maximum atomic E-state index is 3.55. The zero-order valence-corrected chi connectivity index (χ0v) is 10.1. The van der Waals surface area contributed by atoms with Crippen LogP contribution in [0.1, 0.15) is 46.5 Å². The third kappa shape index (κ3) is 3.58. The van der Waals surface area contributed by atoms with Crippen molar-refractivity contribution in [1.82, 2.24) is 10.2 Å². The van der Waals surface area contributed by atoms with E-state index in [2.05, 4.69) is 31.0 Å². The smallest absolute Gasteiger partial charge is 0.0223 e. The van der Waals surface area contributed by atoms with Crippen LogP contribution in [-0.2, 0) is 0 Å². The van der Waals surface area contributed by atoms with E-state index in [1.165, 1.54) is 45.3 Å². The molecule has 0 aromatic rings. The molecule has 0 spiro atoms. The lowest BCUT2D eigenvalue weighted by Crippen LogP contribution is -2.48. The predicted molar refractivity (Wildman–Crippen MR) is 62.6 cm³/mol. The van der Waals surface area contributed by atoms with Gasteiger partial charge in [0.15, 0.2) is 0 Å². The van der Waals surface area contributed by atoms with Crippen molar-refractivity contribution in [3.05, 3.63) is 0 Å². The number of rotatable bonds is 5. The van der Waals surface area contributed by atoms with Gasteiger partial charge >= 0.3 is 0 Å². The van der Waals surface area contributed by atoms with Crippen molar-refractivity contribution in [3.63, 3.8) is 0 Å². The Bertz CT molecular complexity index is 145. The zero-order valence-electron chi connectivity index (χ0n) is 10.1. The molecule has 1 atom stereocenters. The lowest BCUT2D eigenvalue weighted by atomic mass is 10.0. The molecule has 1 fully saturated rings. The summed E-state index contributed by atoms with van der Waals surface area (Å²) in [6.07, 6.45) is 5.44. The maximum Gasteiger partial charge on any atom is 0.0223 e. The molecule has 2 heteroatoms. The van der Waals surface area contributed by atoms with Crippen LogP contribution in [0.15, 0.2) is 0 Å². The average molecular weight is 198 g/mol. The van der Waals surface area contributed by atoms with E-state index in [-0.39, 0.29) is 0 Å². The molecule has 1 heterocycles. The first-order valence-electron chi connectivity index (χ1n) is 6.22. The molecule has 1 N–H and O–H groups in total. The maximum absolute atomic E-state index is 3.55. The molecule has 0 saturated carbocycles. The summed E-state index contributed by atoms with van der Waals surface area (Å²) in [5, 5.41) is 3.55. The molecule has 1 saturated heterocycles. The summed E-state index contributed by atoms with van der Waals surface area (Å²) in [5.74, 6) is 0. The minimum Gasteiger partial charge on any atom is -0.315 e. The minimum atomic E-state index is 0.712. The first-order valence-corrected chi connectivity index (χ1v) is 6.22. The number of nitrogens with zero attached hydrogens (tertiary/aromatic N) is 1. The van der Waals surface area contributed by atoms with Crippen LogP contribution >= 0.6 is 0 Å². The molecule has 0 radical (unpaired) electrons. The van der Waals surface area contributed by atoms with Crippen LogP contribution in [-0.4, -0.2) is 36.6 Å². The molecule has 0 bridgehead atoms. The molecular formula is C12H26N2. The number of nitrogens with one attached hydrogen (secondary N) is 1. The lowest BCUT2D eigenvalue weighted by molar-refractivity contribution is 0.110. The van der Waals surface area contributed by atoms with E-state index in [1.54, 1.807) is 0 Å². The van der Waals surface area contributed by atoms with Gasteiger partial charge in [-0.1, -0.05) is 13.3 Å². The molecule has 1 rings (SSSR count). The van der Waals surface area contributed by atoms with Gasteiger partial charge in [0.05, 0.1) is 0 Å². The van der Waals surface area contributed by atoms with E-state index < -0.39 is 0 Å². The molecule has 0 aliphatic carbocycles. The Labute approximate surface area is 89.1 Å². The summed E-state index contributed by atoms with van der Waals surface area (Å²) in [4.78, 5) is 2.66. The fraction of sp³-hybridized carbons (Fsp3) is 1.00. The van der Waals surface area contributed by atoms with Gasteiger partial charge < -0.3 is 5.32 Å². The Morgan fingerprint density at radius 1 is 1.36 bits per heavy atom. The summed E-state index contributed by atoms with van der Waals surface area (Å²) >= 11 is 0. The van der Waals surface area contributed by atoms with E-state index in [0.29, 0.717) is 6.04 Å². The van der Waals surface area contributed by atoms with Crippen LogP contribution in [0.5, 0.6) is 0 Å². The van der Waals surface area contributed by atoms with Gasteiger partial charge in [-0.3, -0.25) is 4.90 Å². The highest BCUT2D eigenvalue weighted by atomic mass is 15.2. The third-order valence-corrected chi connectivity index (χ3v) is 3.14. The number of piperidine rings is 1. The molecule has 0 aromatic heterocycles. The van der Waals surface area contributed by atoms with Gasteiger partial charge in [-0.25, -0.2) is 0 Å². The van der Waals surface area contributed by atoms with Gasteiger partial charge in [0.1, 0.15) is 0 Å². The molecule has 1 aliphatic rings. The fourth-order valence-electron chi connectivity index (χ4n) is 2.37. The van der Waals surface area contributed by atoms with Crippen LogP contribution in [0.2, 0.25) is 0 Å². The Kier molecular flexibility index (Phi) is 5.49. The Hall–Kier alpha value is -0.0800. The van der Waals surface area contributed by atoms with Crippen LogP contribution in [0.4, 0.5) is 0 Å². The van der Waals surface area contributed by atoms with E-state index in [1.807, 2.05) is 0 Å². The molecule has 1 aliphatic heterocycles. The van der Waals surface area contributed by atoms with Crippen molar-refractivity contribution in [1.29, 1.82) is 0 Å². The molecule has 0 amide bonds. The number of hydrogen-bond acceptors (Lipinski definition) is 2. The normalized spacial score (nSPS) is 24.4. The van der Waals surface area contributed by atoms with Crippen LogP contribution in [0.3, 0.4) is 0 Å². The average Bonchev–Trinajstić information content (AvgIpc) is 2.19. The molecular weight excluding hydrogens is 172 g/mol. The van der Waals surface area contributed by atoms with E-state index in [4.69, 9.17) is 0 Å². The summed E-state index contributed by atoms with van der Waals surface area (Å²) < 4.78 is 0. The molecule has 14 heavy (non-hydrogen) atoms. The highest BCUT2D eigenvalue weighted by molar-refractivity contribution is 4.80. The minimum absolute atomic E-state index is 0.712. The molecule has 0 aromatic carbocycles. The van der Waals surface area contributed by atoms with Crippen LogP contribution in [0, 0.1) is 0 Å². The van der Waals surface area contributed by atoms with Crippen molar-refractivity contribution in [2.45, 2.75) is 58.5 Å². The van der Waals surface area contributed by atoms with Crippen molar-refractivity contribution < 1.29 is 0 Å². The van der Waals surface area contributed by atoms with E-state index in [0.717, 1.165) is 6.04 Å². The second-order valence-corrected chi connectivity index (χ2v) is 4.69. The van der Waals surface area contributed by atoms with Gasteiger partial charge in [0.25, 0.3) is 0 Å². The summed E-state index contributed by atoms with van der Waals surface area (Å²) in [5.41, 5.74) is 0. The van der Waals surface area contributed by atoms with Crippen molar-refractivity contribution >= 4 is 0 Å². The highest BCUT2D eigenvalue weighted by Gasteiger charge is 2.23. The largest absolute Gasteiger partial charge is 0.315 e. The third-order valence-electron chi connectivity index (χ3n) is 3.14. The molecule has 2 nitrogen and oxygen atoms in total. The van der Waals surface area contributed by atoms with Gasteiger partial charge in [-0.05, 0) is 46.2 Å². The SMILES string of the molecule is CCCNC[C@@H]1CCCCN1C(C)C. The standard InChI is InChI=1S/C12H26N2/c1-4-8-13-10-12-7-5-6-9-14(12)11(2)3/h11-13H,4-10H2,1-3H3/t12-/m0/s1. The van der Waals surface area contributed by atoms with Gasteiger partial charge in [0.2, 0.25) is 0 Å². The monoisotopic (exact) mass is 198 g/mol. The number of hydrogen-bond donors (Lipinski definition) is 1. The quantitative estimate of drug-likeness (QED) is 0.682. The van der Waals surface area contributed by atoms with Crippen molar-refractivity contribution in [3.8, 4) is 0 Å². The van der Waals surface area contributed by atoms with Crippen molar-refractivity contribution in [2.75, 3.05) is 19.6 Å². The van der Waals surface area contributed by atoms with Crippen LogP contribution in [0.25, 0.3) is 0 Å².